The minimum Gasteiger partial charge on any atom is -0.465 e. The number of unbranched alkanes of at least 4 members (excludes halogenated alkanes) is 1. The third-order valence-corrected chi connectivity index (χ3v) is 8.12. The summed E-state index contributed by atoms with van der Waals surface area (Å²) in [7, 11) is 0. The number of likely N-dealkylation sites (tertiary alicyclic amines) is 1. The van der Waals surface area contributed by atoms with Crippen LogP contribution in [0.4, 0.5) is 5.69 Å². The molecule has 1 N–H and O–H groups in total. The molecule has 5 atom stereocenters. The quantitative estimate of drug-likeness (QED) is 0.373. The van der Waals surface area contributed by atoms with Crippen LogP contribution < -0.4 is 4.90 Å². The van der Waals surface area contributed by atoms with Gasteiger partial charge in [0.05, 0.1) is 18.6 Å². The monoisotopic (exact) mass is 508 g/mol. The van der Waals surface area contributed by atoms with E-state index in [1.54, 1.807) is 9.80 Å². The van der Waals surface area contributed by atoms with Crippen LogP contribution in [0, 0.1) is 25.7 Å². The highest BCUT2D eigenvalue weighted by molar-refractivity contribution is 6.06. The SMILES string of the molecule is Cc1cccc(C)c1N1CC=C[C@]23O[C@@H]4/C=C\CCCCOC(=O)[C@@H]4[C@H]2C(=O)N(CCCCO)C3C1=O. The summed E-state index contributed by atoms with van der Waals surface area (Å²) in [6.07, 6.45) is 10.5. The smallest absolute Gasteiger partial charge is 0.312 e. The van der Waals surface area contributed by atoms with E-state index in [9.17, 15) is 19.5 Å². The van der Waals surface area contributed by atoms with Crippen LogP contribution in [0.2, 0.25) is 0 Å². The van der Waals surface area contributed by atoms with Crippen LogP contribution in [-0.2, 0) is 23.9 Å². The van der Waals surface area contributed by atoms with Gasteiger partial charge in [-0.25, -0.2) is 0 Å². The van der Waals surface area contributed by atoms with Gasteiger partial charge in [0.25, 0.3) is 5.91 Å². The molecular formula is C29H36N2O6. The summed E-state index contributed by atoms with van der Waals surface area (Å²) < 4.78 is 12.3. The summed E-state index contributed by atoms with van der Waals surface area (Å²) in [6, 6.07) is 4.99. The van der Waals surface area contributed by atoms with Crippen LogP contribution in [0.1, 0.15) is 43.2 Å². The highest BCUT2D eigenvalue weighted by Crippen LogP contribution is 2.53. The number of aliphatic hydroxyl groups is 1. The Labute approximate surface area is 217 Å². The number of carbonyl (C=O) groups excluding carboxylic acids is 3. The van der Waals surface area contributed by atoms with Crippen LogP contribution >= 0.6 is 0 Å². The molecule has 2 fully saturated rings. The van der Waals surface area contributed by atoms with E-state index in [0.29, 0.717) is 32.5 Å². The number of esters is 1. The Bertz CT molecular complexity index is 1110. The maximum Gasteiger partial charge on any atom is 0.312 e. The molecule has 1 spiro atoms. The number of rotatable bonds is 5. The lowest BCUT2D eigenvalue weighted by Gasteiger charge is -2.36. The molecule has 2 saturated heterocycles. The third-order valence-electron chi connectivity index (χ3n) is 8.12. The van der Waals surface area contributed by atoms with Gasteiger partial charge >= 0.3 is 5.97 Å². The Kier molecular flexibility index (Phi) is 7.23. The largest absolute Gasteiger partial charge is 0.465 e. The Morgan fingerprint density at radius 2 is 1.84 bits per heavy atom. The van der Waals surface area contributed by atoms with Crippen LogP contribution in [0.3, 0.4) is 0 Å². The van der Waals surface area contributed by atoms with Crippen LogP contribution in [-0.4, -0.2) is 71.8 Å². The molecule has 8 nitrogen and oxygen atoms in total. The summed E-state index contributed by atoms with van der Waals surface area (Å²) in [4.78, 5) is 45.1. The maximum absolute atomic E-state index is 14.4. The topological polar surface area (TPSA) is 96.4 Å². The number of cyclic esters (lactones) is 1. The molecule has 1 aromatic rings. The van der Waals surface area contributed by atoms with Gasteiger partial charge in [0, 0.05) is 25.4 Å². The second kappa shape index (κ2) is 10.4. The number of aryl methyl sites for hydroxylation is 2. The fraction of sp³-hybridized carbons (Fsp3) is 0.552. The van der Waals surface area contributed by atoms with E-state index in [1.807, 2.05) is 56.4 Å². The van der Waals surface area contributed by atoms with Crippen molar-refractivity contribution < 1.29 is 29.0 Å². The number of amides is 2. The van der Waals surface area contributed by atoms with E-state index >= 15 is 0 Å². The average Bonchev–Trinajstić information content (AvgIpc) is 3.25. The minimum atomic E-state index is -1.27. The molecule has 4 aliphatic rings. The summed E-state index contributed by atoms with van der Waals surface area (Å²) in [5.74, 6) is -2.61. The van der Waals surface area contributed by atoms with Crippen molar-refractivity contribution in [3.63, 3.8) is 0 Å². The zero-order valence-corrected chi connectivity index (χ0v) is 21.6. The van der Waals surface area contributed by atoms with Crippen LogP contribution in [0.15, 0.2) is 42.5 Å². The number of hydrogen-bond acceptors (Lipinski definition) is 6. The number of carbonyl (C=O) groups is 3. The third kappa shape index (κ3) is 4.30. The molecule has 8 heteroatoms. The molecule has 4 aliphatic heterocycles. The second-order valence-electron chi connectivity index (χ2n) is 10.5. The lowest BCUT2D eigenvalue weighted by molar-refractivity contribution is -0.154. The van der Waals surface area contributed by atoms with Crippen molar-refractivity contribution in [3.8, 4) is 0 Å². The molecule has 0 saturated carbocycles. The number of fused-ring (bicyclic) bond motifs is 2. The molecule has 0 aromatic heterocycles. The first-order valence-electron chi connectivity index (χ1n) is 13.4. The van der Waals surface area contributed by atoms with E-state index in [-0.39, 0.29) is 18.4 Å². The molecule has 0 radical (unpaired) electrons. The molecule has 0 aliphatic carbocycles. The predicted molar refractivity (Wildman–Crippen MR) is 138 cm³/mol. The van der Waals surface area contributed by atoms with Crippen molar-refractivity contribution in [1.29, 1.82) is 0 Å². The number of allylic oxidation sites excluding steroid dienone is 1. The van der Waals surface area contributed by atoms with E-state index in [0.717, 1.165) is 36.1 Å². The highest BCUT2D eigenvalue weighted by atomic mass is 16.6. The number of aliphatic hydroxyl groups excluding tert-OH is 1. The number of ether oxygens (including phenoxy) is 2. The van der Waals surface area contributed by atoms with Crippen molar-refractivity contribution >= 4 is 23.5 Å². The van der Waals surface area contributed by atoms with Gasteiger partial charge in [-0.3, -0.25) is 14.4 Å². The fourth-order valence-electron chi connectivity index (χ4n) is 6.48. The zero-order valence-electron chi connectivity index (χ0n) is 21.6. The fourth-order valence-corrected chi connectivity index (χ4v) is 6.48. The highest BCUT2D eigenvalue weighted by Gasteiger charge is 2.71. The number of nitrogens with zero attached hydrogens (tertiary/aromatic N) is 2. The van der Waals surface area contributed by atoms with Gasteiger partial charge in [0.15, 0.2) is 0 Å². The molecule has 4 heterocycles. The van der Waals surface area contributed by atoms with Crippen molar-refractivity contribution in [3.05, 3.63) is 53.6 Å². The van der Waals surface area contributed by atoms with Gasteiger partial charge in [0.1, 0.15) is 17.6 Å². The van der Waals surface area contributed by atoms with Gasteiger partial charge in [0.2, 0.25) is 5.91 Å². The second-order valence-corrected chi connectivity index (χ2v) is 10.5. The molecule has 1 unspecified atom stereocenters. The Morgan fingerprint density at radius 1 is 1.05 bits per heavy atom. The number of anilines is 1. The van der Waals surface area contributed by atoms with E-state index in [1.165, 1.54) is 0 Å². The summed E-state index contributed by atoms with van der Waals surface area (Å²) in [5, 5.41) is 9.36. The first kappa shape index (κ1) is 25.7. The van der Waals surface area contributed by atoms with E-state index < -0.39 is 35.6 Å². The number of hydrogen-bond donors (Lipinski definition) is 1. The average molecular weight is 509 g/mol. The first-order valence-corrected chi connectivity index (χ1v) is 13.4. The number of para-hydroxylation sites is 1. The standard InChI is InChI=1S/C29H36N2O6/c1-19-11-9-12-20(2)24(19)30-16-10-14-29-23(26(33)31(15-6-7-17-32)25(29)27(30)34)22-21(37-29)13-5-3-4-8-18-36-28(22)35/h5,9-14,21-23,25,32H,3-4,6-8,15-18H2,1-2H3/b13-5-/t21-,22+,23+,25?,29+/m1/s1. The molecule has 1 aromatic carbocycles. The minimum absolute atomic E-state index is 0.00195. The van der Waals surface area contributed by atoms with Crippen molar-refractivity contribution in [2.24, 2.45) is 11.8 Å². The molecule has 2 amide bonds. The lowest BCUT2D eigenvalue weighted by Crippen LogP contribution is -2.55. The van der Waals surface area contributed by atoms with E-state index in [2.05, 4.69) is 0 Å². The Morgan fingerprint density at radius 3 is 2.59 bits per heavy atom. The predicted octanol–water partition coefficient (Wildman–Crippen LogP) is 2.84. The summed E-state index contributed by atoms with van der Waals surface area (Å²) >= 11 is 0. The molecule has 5 rings (SSSR count). The van der Waals surface area contributed by atoms with Gasteiger partial charge < -0.3 is 24.4 Å². The summed E-state index contributed by atoms with van der Waals surface area (Å²) in [5.41, 5.74) is 1.50. The molecule has 198 valence electrons. The zero-order chi connectivity index (χ0) is 26.2. The van der Waals surface area contributed by atoms with Gasteiger partial charge in [-0.15, -0.1) is 0 Å². The molecular weight excluding hydrogens is 472 g/mol. The normalized spacial score (nSPS) is 32.5. The van der Waals surface area contributed by atoms with Crippen molar-refractivity contribution in [2.75, 3.05) is 31.2 Å². The summed E-state index contributed by atoms with van der Waals surface area (Å²) in [6.45, 7) is 4.90. The number of benzene rings is 1. The van der Waals surface area contributed by atoms with Crippen molar-refractivity contribution in [2.45, 2.75) is 63.7 Å². The van der Waals surface area contributed by atoms with Crippen LogP contribution in [0.5, 0.6) is 0 Å². The maximum atomic E-state index is 14.4. The van der Waals surface area contributed by atoms with Gasteiger partial charge in [-0.1, -0.05) is 42.5 Å². The molecule has 37 heavy (non-hydrogen) atoms. The van der Waals surface area contributed by atoms with E-state index in [4.69, 9.17) is 9.47 Å². The van der Waals surface area contributed by atoms with Gasteiger partial charge in [-0.05, 0) is 57.1 Å². The first-order chi connectivity index (χ1) is 17.9. The lowest BCUT2D eigenvalue weighted by atomic mass is 9.78. The Balaban J connectivity index is 1.61. The molecule has 0 bridgehead atoms. The van der Waals surface area contributed by atoms with Crippen molar-refractivity contribution in [1.82, 2.24) is 4.90 Å². The van der Waals surface area contributed by atoms with Crippen LogP contribution in [0.25, 0.3) is 0 Å². The van der Waals surface area contributed by atoms with Gasteiger partial charge in [-0.2, -0.15) is 0 Å². The Hall–Kier alpha value is -2.97.